The van der Waals surface area contributed by atoms with Gasteiger partial charge in [-0.05, 0) is 25.2 Å². The summed E-state index contributed by atoms with van der Waals surface area (Å²) in [5.74, 6) is -0.798. The lowest BCUT2D eigenvalue weighted by atomic mass is 9.66. The van der Waals surface area contributed by atoms with Gasteiger partial charge in [0.1, 0.15) is 0 Å². The van der Waals surface area contributed by atoms with E-state index in [1.807, 2.05) is 6.92 Å². The number of carbonyl (C=O) groups is 1. The summed E-state index contributed by atoms with van der Waals surface area (Å²) in [6, 6.07) is 0. The normalized spacial score (nSPS) is 30.2. The van der Waals surface area contributed by atoms with E-state index < -0.39 is 24.0 Å². The maximum atomic E-state index is 12.2. The molecular weight excluding hydrogens is 233 g/mol. The zero-order valence-electron chi connectivity index (χ0n) is 10.0. The third-order valence-electron chi connectivity index (χ3n) is 3.87. The van der Waals surface area contributed by atoms with Gasteiger partial charge < -0.3 is 5.11 Å². The van der Waals surface area contributed by atoms with Gasteiger partial charge in [-0.2, -0.15) is 13.2 Å². The molecule has 0 bridgehead atoms. The number of hydrogen-bond donors (Lipinski definition) is 1. The first-order valence-electron chi connectivity index (χ1n) is 6.09. The van der Waals surface area contributed by atoms with Crippen molar-refractivity contribution in [3.63, 3.8) is 0 Å². The molecule has 0 aliphatic heterocycles. The zero-order valence-corrected chi connectivity index (χ0v) is 10.0. The molecule has 1 aliphatic rings. The highest BCUT2D eigenvalue weighted by Crippen LogP contribution is 2.45. The largest absolute Gasteiger partial charge is 0.481 e. The molecule has 1 fully saturated rings. The van der Waals surface area contributed by atoms with E-state index in [0.29, 0.717) is 12.8 Å². The van der Waals surface area contributed by atoms with Crippen LogP contribution in [0.15, 0.2) is 0 Å². The molecule has 17 heavy (non-hydrogen) atoms. The summed E-state index contributed by atoms with van der Waals surface area (Å²) in [6.07, 6.45) is -2.23. The van der Waals surface area contributed by atoms with E-state index in [-0.39, 0.29) is 12.3 Å². The Kier molecular flexibility index (Phi) is 4.44. The van der Waals surface area contributed by atoms with Crippen molar-refractivity contribution in [2.24, 2.45) is 11.3 Å². The van der Waals surface area contributed by atoms with E-state index in [9.17, 15) is 23.1 Å². The Balaban J connectivity index is 2.72. The molecule has 2 atom stereocenters. The first-order valence-corrected chi connectivity index (χ1v) is 6.09. The fraction of sp³-hybridized carbons (Fsp3) is 0.917. The van der Waals surface area contributed by atoms with Crippen LogP contribution in [0, 0.1) is 11.3 Å². The van der Waals surface area contributed by atoms with Gasteiger partial charge in [0.15, 0.2) is 0 Å². The Morgan fingerprint density at radius 3 is 2.59 bits per heavy atom. The third kappa shape index (κ3) is 3.89. The lowest BCUT2D eigenvalue weighted by molar-refractivity contribution is -0.162. The van der Waals surface area contributed by atoms with Crippen LogP contribution >= 0.6 is 0 Å². The van der Waals surface area contributed by atoms with Gasteiger partial charge in [-0.3, -0.25) is 4.79 Å². The minimum Gasteiger partial charge on any atom is -0.481 e. The maximum Gasteiger partial charge on any atom is 0.389 e. The first kappa shape index (κ1) is 14.3. The lowest BCUT2D eigenvalue weighted by Crippen LogP contribution is -2.37. The Morgan fingerprint density at radius 1 is 1.47 bits per heavy atom. The Morgan fingerprint density at radius 2 is 2.12 bits per heavy atom. The van der Waals surface area contributed by atoms with Crippen LogP contribution in [0.4, 0.5) is 13.2 Å². The van der Waals surface area contributed by atoms with Gasteiger partial charge in [0.05, 0.1) is 5.41 Å². The number of halogens is 3. The van der Waals surface area contributed by atoms with Crippen molar-refractivity contribution in [2.45, 2.75) is 58.0 Å². The van der Waals surface area contributed by atoms with Crippen molar-refractivity contribution in [2.75, 3.05) is 0 Å². The summed E-state index contributed by atoms with van der Waals surface area (Å²) in [7, 11) is 0. The number of alkyl halides is 3. The number of aliphatic carboxylic acids is 1. The van der Waals surface area contributed by atoms with Gasteiger partial charge >= 0.3 is 12.1 Å². The third-order valence-corrected chi connectivity index (χ3v) is 3.87. The van der Waals surface area contributed by atoms with Crippen molar-refractivity contribution >= 4 is 5.97 Å². The van der Waals surface area contributed by atoms with Crippen LogP contribution < -0.4 is 0 Å². The second-order valence-corrected chi connectivity index (χ2v) is 5.07. The molecule has 0 spiro atoms. The van der Waals surface area contributed by atoms with Gasteiger partial charge in [0.2, 0.25) is 0 Å². The van der Waals surface area contributed by atoms with Gasteiger partial charge in [0, 0.05) is 6.42 Å². The molecular formula is C12H19F3O2. The molecule has 0 aromatic rings. The minimum atomic E-state index is -4.26. The predicted molar refractivity (Wildman–Crippen MR) is 57.6 cm³/mol. The molecule has 0 aromatic carbocycles. The van der Waals surface area contributed by atoms with Crippen LogP contribution in [0.5, 0.6) is 0 Å². The average molecular weight is 252 g/mol. The van der Waals surface area contributed by atoms with Crippen LogP contribution in [0.2, 0.25) is 0 Å². The molecule has 2 unspecified atom stereocenters. The Hall–Kier alpha value is -0.740. The maximum absolute atomic E-state index is 12.2. The Labute approximate surface area is 99.2 Å². The highest BCUT2D eigenvalue weighted by atomic mass is 19.4. The van der Waals surface area contributed by atoms with Gasteiger partial charge in [-0.1, -0.05) is 26.2 Å². The van der Waals surface area contributed by atoms with E-state index in [1.54, 1.807) is 0 Å². The van der Waals surface area contributed by atoms with Crippen LogP contribution in [0.25, 0.3) is 0 Å². The molecule has 1 rings (SSSR count). The van der Waals surface area contributed by atoms with E-state index in [2.05, 4.69) is 0 Å². The molecule has 2 nitrogen and oxygen atoms in total. The van der Waals surface area contributed by atoms with Crippen molar-refractivity contribution in [3.8, 4) is 0 Å². The first-order chi connectivity index (χ1) is 7.79. The average Bonchev–Trinajstić information content (AvgIpc) is 2.25. The number of carboxylic acid groups (broad SMARTS) is 1. The van der Waals surface area contributed by atoms with Crippen molar-refractivity contribution in [1.82, 2.24) is 0 Å². The summed E-state index contributed by atoms with van der Waals surface area (Å²) in [5, 5.41) is 9.23. The molecule has 0 amide bonds. The van der Waals surface area contributed by atoms with Gasteiger partial charge in [0.25, 0.3) is 0 Å². The smallest absolute Gasteiger partial charge is 0.389 e. The molecule has 1 saturated carbocycles. The van der Waals surface area contributed by atoms with Crippen molar-refractivity contribution in [3.05, 3.63) is 0 Å². The molecule has 0 aromatic heterocycles. The van der Waals surface area contributed by atoms with Crippen LogP contribution in [0.3, 0.4) is 0 Å². The zero-order chi connectivity index (χ0) is 13.1. The predicted octanol–water partition coefficient (Wildman–Crippen LogP) is 4.00. The minimum absolute atomic E-state index is 0.257. The van der Waals surface area contributed by atoms with Gasteiger partial charge in [-0.25, -0.2) is 0 Å². The van der Waals surface area contributed by atoms with E-state index >= 15 is 0 Å². The summed E-state index contributed by atoms with van der Waals surface area (Å²) in [5.41, 5.74) is -1.14. The Bertz CT molecular complexity index is 275. The molecule has 1 N–H and O–H groups in total. The molecule has 0 radical (unpaired) electrons. The number of hydrogen-bond acceptors (Lipinski definition) is 1. The van der Waals surface area contributed by atoms with Gasteiger partial charge in [-0.15, -0.1) is 0 Å². The SMILES string of the molecule is CCC1CCCC(CCC(F)(F)F)(C(=O)O)C1. The van der Waals surface area contributed by atoms with E-state index in [4.69, 9.17) is 0 Å². The summed E-state index contributed by atoms with van der Waals surface area (Å²) >= 11 is 0. The lowest BCUT2D eigenvalue weighted by Gasteiger charge is -2.37. The fourth-order valence-corrected chi connectivity index (χ4v) is 2.74. The standard InChI is InChI=1S/C12H19F3O2/c1-2-9-4-3-5-11(8-9,10(16)17)6-7-12(13,14)15/h9H,2-8H2,1H3,(H,16,17). The second-order valence-electron chi connectivity index (χ2n) is 5.07. The monoisotopic (exact) mass is 252 g/mol. The summed E-state index contributed by atoms with van der Waals surface area (Å²) in [6.45, 7) is 1.96. The van der Waals surface area contributed by atoms with Crippen molar-refractivity contribution in [1.29, 1.82) is 0 Å². The van der Waals surface area contributed by atoms with Crippen LogP contribution in [-0.2, 0) is 4.79 Å². The summed E-state index contributed by atoms with van der Waals surface area (Å²) in [4.78, 5) is 11.3. The van der Waals surface area contributed by atoms with Crippen LogP contribution in [0.1, 0.15) is 51.9 Å². The molecule has 100 valence electrons. The molecule has 5 heteroatoms. The quantitative estimate of drug-likeness (QED) is 0.821. The second kappa shape index (κ2) is 5.27. The summed E-state index contributed by atoms with van der Waals surface area (Å²) < 4.78 is 36.7. The fourth-order valence-electron chi connectivity index (χ4n) is 2.74. The van der Waals surface area contributed by atoms with Crippen LogP contribution in [-0.4, -0.2) is 17.3 Å². The molecule has 0 heterocycles. The van der Waals surface area contributed by atoms with E-state index in [1.165, 1.54) is 0 Å². The molecule has 1 aliphatic carbocycles. The number of carboxylic acids is 1. The number of rotatable bonds is 4. The molecule has 0 saturated heterocycles. The van der Waals surface area contributed by atoms with Crippen molar-refractivity contribution < 1.29 is 23.1 Å². The van der Waals surface area contributed by atoms with E-state index in [0.717, 1.165) is 19.3 Å². The topological polar surface area (TPSA) is 37.3 Å². The highest BCUT2D eigenvalue weighted by molar-refractivity contribution is 5.74. The highest BCUT2D eigenvalue weighted by Gasteiger charge is 2.44.